The normalized spacial score (nSPS) is 18.0. The highest BCUT2D eigenvalue weighted by Gasteiger charge is 2.33. The summed E-state index contributed by atoms with van der Waals surface area (Å²) in [7, 11) is -3.46. The fourth-order valence-electron chi connectivity index (χ4n) is 3.28. The molecule has 0 unspecified atom stereocenters. The summed E-state index contributed by atoms with van der Waals surface area (Å²) in [6.45, 7) is 4.87. The summed E-state index contributed by atoms with van der Waals surface area (Å²) in [6, 6.07) is 5.29. The van der Waals surface area contributed by atoms with Gasteiger partial charge in [0.05, 0.1) is 4.90 Å². The summed E-state index contributed by atoms with van der Waals surface area (Å²) in [5.74, 6) is 0. The minimum atomic E-state index is -3.46. The fourth-order valence-corrected chi connectivity index (χ4v) is 4.72. The van der Waals surface area contributed by atoms with E-state index in [4.69, 9.17) is 5.73 Å². The first kappa shape index (κ1) is 16.5. The molecule has 2 rings (SSSR count). The zero-order valence-electron chi connectivity index (χ0n) is 13.0. The van der Waals surface area contributed by atoms with Crippen LogP contribution in [0.2, 0.25) is 0 Å². The summed E-state index contributed by atoms with van der Waals surface area (Å²) in [4.78, 5) is 0.356. The standard InChI is InChI=1S/C16H26N2O2S/c1-3-16(9-4-5-10-16)12-18-21(19,20)15-8-6-7-14(11-17)13(15)2/h6-8,18H,3-5,9-12,17H2,1-2H3. The second kappa shape index (κ2) is 6.46. The second-order valence-corrected chi connectivity index (χ2v) is 7.86. The zero-order valence-corrected chi connectivity index (χ0v) is 13.8. The molecule has 1 aromatic carbocycles. The van der Waals surface area contributed by atoms with Crippen LogP contribution < -0.4 is 10.5 Å². The summed E-state index contributed by atoms with van der Waals surface area (Å²) in [6.07, 6.45) is 5.67. The molecule has 0 aromatic heterocycles. The van der Waals surface area contributed by atoms with Crippen LogP contribution in [0.3, 0.4) is 0 Å². The number of nitrogens with one attached hydrogen (secondary N) is 1. The van der Waals surface area contributed by atoms with Crippen LogP contribution in [0, 0.1) is 12.3 Å². The Labute approximate surface area is 128 Å². The van der Waals surface area contributed by atoms with Crippen molar-refractivity contribution in [2.24, 2.45) is 11.1 Å². The molecule has 1 aliphatic rings. The van der Waals surface area contributed by atoms with Gasteiger partial charge in [0.1, 0.15) is 0 Å². The van der Waals surface area contributed by atoms with Gasteiger partial charge in [0.25, 0.3) is 0 Å². The first-order valence-electron chi connectivity index (χ1n) is 7.72. The summed E-state index contributed by atoms with van der Waals surface area (Å²) < 4.78 is 28.0. The molecule has 1 saturated carbocycles. The molecule has 0 heterocycles. The third kappa shape index (κ3) is 3.47. The molecule has 118 valence electrons. The molecular weight excluding hydrogens is 284 g/mol. The van der Waals surface area contributed by atoms with Crippen molar-refractivity contribution < 1.29 is 8.42 Å². The number of nitrogens with two attached hydrogens (primary N) is 1. The highest BCUT2D eigenvalue weighted by atomic mass is 32.2. The Hall–Kier alpha value is -0.910. The number of hydrogen-bond acceptors (Lipinski definition) is 3. The second-order valence-electron chi connectivity index (χ2n) is 6.13. The van der Waals surface area contributed by atoms with Crippen LogP contribution >= 0.6 is 0 Å². The third-order valence-electron chi connectivity index (χ3n) is 4.96. The van der Waals surface area contributed by atoms with Crippen molar-refractivity contribution in [3.05, 3.63) is 29.3 Å². The molecule has 0 amide bonds. The van der Waals surface area contributed by atoms with E-state index in [1.807, 2.05) is 13.0 Å². The SMILES string of the molecule is CCC1(CNS(=O)(=O)c2cccc(CN)c2C)CCCC1. The Morgan fingerprint density at radius 3 is 2.52 bits per heavy atom. The van der Waals surface area contributed by atoms with Gasteiger partial charge in [0.15, 0.2) is 0 Å². The molecule has 1 aliphatic carbocycles. The molecule has 0 spiro atoms. The lowest BCUT2D eigenvalue weighted by Crippen LogP contribution is -2.36. The zero-order chi connectivity index (χ0) is 15.5. The van der Waals surface area contributed by atoms with E-state index in [0.29, 0.717) is 18.0 Å². The van der Waals surface area contributed by atoms with Crippen LogP contribution in [0.1, 0.15) is 50.2 Å². The van der Waals surface area contributed by atoms with Gasteiger partial charge < -0.3 is 5.73 Å². The first-order valence-corrected chi connectivity index (χ1v) is 9.21. The van der Waals surface area contributed by atoms with Gasteiger partial charge in [-0.2, -0.15) is 0 Å². The molecule has 0 saturated heterocycles. The van der Waals surface area contributed by atoms with Crippen LogP contribution in [0.4, 0.5) is 0 Å². The molecule has 0 aliphatic heterocycles. The highest BCUT2D eigenvalue weighted by Crippen LogP contribution is 2.40. The van der Waals surface area contributed by atoms with Gasteiger partial charge in [0, 0.05) is 13.1 Å². The lowest BCUT2D eigenvalue weighted by Gasteiger charge is -2.27. The monoisotopic (exact) mass is 310 g/mol. The topological polar surface area (TPSA) is 72.2 Å². The molecule has 5 heteroatoms. The van der Waals surface area contributed by atoms with Crippen LogP contribution in [-0.2, 0) is 16.6 Å². The van der Waals surface area contributed by atoms with Crippen molar-refractivity contribution in [3.63, 3.8) is 0 Å². The van der Waals surface area contributed by atoms with Crippen molar-refractivity contribution in [2.45, 2.75) is 57.4 Å². The van der Waals surface area contributed by atoms with E-state index in [1.54, 1.807) is 12.1 Å². The Morgan fingerprint density at radius 2 is 1.95 bits per heavy atom. The van der Waals surface area contributed by atoms with Crippen molar-refractivity contribution in [1.29, 1.82) is 0 Å². The molecule has 21 heavy (non-hydrogen) atoms. The molecule has 0 bridgehead atoms. The van der Waals surface area contributed by atoms with Gasteiger partial charge in [-0.1, -0.05) is 31.9 Å². The lowest BCUT2D eigenvalue weighted by atomic mass is 9.84. The van der Waals surface area contributed by atoms with E-state index in [2.05, 4.69) is 11.6 Å². The molecule has 0 radical (unpaired) electrons. The molecular formula is C16H26N2O2S. The minimum absolute atomic E-state index is 0.145. The van der Waals surface area contributed by atoms with E-state index >= 15 is 0 Å². The summed E-state index contributed by atoms with van der Waals surface area (Å²) in [5.41, 5.74) is 7.44. The van der Waals surface area contributed by atoms with E-state index in [9.17, 15) is 8.42 Å². The largest absolute Gasteiger partial charge is 0.326 e. The van der Waals surface area contributed by atoms with Gasteiger partial charge in [-0.3, -0.25) is 0 Å². The van der Waals surface area contributed by atoms with E-state index in [-0.39, 0.29) is 5.41 Å². The maximum atomic E-state index is 12.6. The third-order valence-corrected chi connectivity index (χ3v) is 6.50. The quantitative estimate of drug-likeness (QED) is 0.848. The van der Waals surface area contributed by atoms with Crippen molar-refractivity contribution >= 4 is 10.0 Å². The van der Waals surface area contributed by atoms with E-state index in [1.165, 1.54) is 12.8 Å². The van der Waals surface area contributed by atoms with E-state index in [0.717, 1.165) is 30.4 Å². The number of benzene rings is 1. The predicted octanol–water partition coefficient (Wildman–Crippen LogP) is 2.70. The van der Waals surface area contributed by atoms with Crippen LogP contribution in [0.5, 0.6) is 0 Å². The van der Waals surface area contributed by atoms with Gasteiger partial charge in [-0.25, -0.2) is 13.1 Å². The van der Waals surface area contributed by atoms with Gasteiger partial charge in [-0.05, 0) is 48.8 Å². The number of rotatable bonds is 6. The van der Waals surface area contributed by atoms with Crippen molar-refractivity contribution in [3.8, 4) is 0 Å². The Bertz CT molecular complexity index is 590. The molecule has 1 aromatic rings. The van der Waals surface area contributed by atoms with Crippen LogP contribution in [-0.4, -0.2) is 15.0 Å². The summed E-state index contributed by atoms with van der Waals surface area (Å²) >= 11 is 0. The highest BCUT2D eigenvalue weighted by molar-refractivity contribution is 7.89. The average molecular weight is 310 g/mol. The molecule has 0 atom stereocenters. The molecule has 4 nitrogen and oxygen atoms in total. The Balaban J connectivity index is 2.19. The van der Waals surface area contributed by atoms with Crippen molar-refractivity contribution in [2.75, 3.05) is 6.54 Å². The van der Waals surface area contributed by atoms with Crippen LogP contribution in [0.15, 0.2) is 23.1 Å². The van der Waals surface area contributed by atoms with E-state index < -0.39 is 10.0 Å². The number of hydrogen-bond donors (Lipinski definition) is 2. The van der Waals surface area contributed by atoms with Crippen molar-refractivity contribution in [1.82, 2.24) is 4.72 Å². The summed E-state index contributed by atoms with van der Waals surface area (Å²) in [5, 5.41) is 0. The van der Waals surface area contributed by atoms with Crippen LogP contribution in [0.25, 0.3) is 0 Å². The number of sulfonamides is 1. The molecule has 1 fully saturated rings. The first-order chi connectivity index (χ1) is 9.94. The fraction of sp³-hybridized carbons (Fsp3) is 0.625. The van der Waals surface area contributed by atoms with Gasteiger partial charge >= 0.3 is 0 Å². The van der Waals surface area contributed by atoms with Gasteiger partial charge in [0.2, 0.25) is 10.0 Å². The predicted molar refractivity (Wildman–Crippen MR) is 85.5 cm³/mol. The maximum absolute atomic E-state index is 12.6. The Morgan fingerprint density at radius 1 is 1.29 bits per heavy atom. The minimum Gasteiger partial charge on any atom is -0.326 e. The molecule has 3 N–H and O–H groups in total. The lowest BCUT2D eigenvalue weighted by molar-refractivity contribution is 0.285. The average Bonchev–Trinajstić information content (AvgIpc) is 2.95. The maximum Gasteiger partial charge on any atom is 0.240 e. The Kier molecular flexibility index (Phi) is 5.07. The van der Waals surface area contributed by atoms with Gasteiger partial charge in [-0.15, -0.1) is 0 Å². The smallest absolute Gasteiger partial charge is 0.240 e.